The molecule has 3 aromatic carbocycles. The van der Waals surface area contributed by atoms with Gasteiger partial charge >= 0.3 is 0 Å². The summed E-state index contributed by atoms with van der Waals surface area (Å²) in [5, 5.41) is 15.5. The van der Waals surface area contributed by atoms with E-state index < -0.39 is 11.9 Å². The van der Waals surface area contributed by atoms with Crippen molar-refractivity contribution in [1.82, 2.24) is 10.7 Å². The smallest absolute Gasteiger partial charge is 0.262 e. The van der Waals surface area contributed by atoms with Gasteiger partial charge in [-0.25, -0.2) is 5.43 Å². The molecule has 0 heterocycles. The Bertz CT molecular complexity index is 1320. The van der Waals surface area contributed by atoms with Gasteiger partial charge in [-0.15, -0.1) is 0 Å². The number of benzene rings is 3. The average Bonchev–Trinajstić information content (AvgIpc) is 2.88. The number of ether oxygens (including phenoxy) is 2. The third kappa shape index (κ3) is 7.16. The monoisotopic (exact) mass is 612 g/mol. The van der Waals surface area contributed by atoms with E-state index in [1.165, 1.54) is 13.3 Å². The highest BCUT2D eigenvalue weighted by atomic mass is 79.9. The van der Waals surface area contributed by atoms with Gasteiger partial charge in [0.25, 0.3) is 11.8 Å². The second kappa shape index (κ2) is 12.9. The summed E-state index contributed by atoms with van der Waals surface area (Å²) in [6, 6.07) is 18.8. The molecule has 1 unspecified atom stereocenters. The third-order valence-electron chi connectivity index (χ3n) is 4.97. The van der Waals surface area contributed by atoms with E-state index in [2.05, 4.69) is 53.8 Å². The van der Waals surface area contributed by atoms with Crippen molar-refractivity contribution in [1.29, 1.82) is 5.26 Å². The lowest BCUT2D eigenvalue weighted by molar-refractivity contribution is -0.122. The Morgan fingerprint density at radius 2 is 1.83 bits per heavy atom. The molecule has 0 aliphatic heterocycles. The van der Waals surface area contributed by atoms with Crippen LogP contribution in [0, 0.1) is 11.3 Å². The van der Waals surface area contributed by atoms with Crippen LogP contribution in [0.2, 0.25) is 0 Å². The highest BCUT2D eigenvalue weighted by molar-refractivity contribution is 9.10. The van der Waals surface area contributed by atoms with E-state index in [1.54, 1.807) is 55.5 Å². The van der Waals surface area contributed by atoms with Crippen molar-refractivity contribution < 1.29 is 19.1 Å². The van der Waals surface area contributed by atoms with Crippen molar-refractivity contribution in [2.45, 2.75) is 19.6 Å². The lowest BCUT2D eigenvalue weighted by Gasteiger charge is -2.14. The van der Waals surface area contributed by atoms with E-state index in [-0.39, 0.29) is 12.5 Å². The zero-order valence-corrected chi connectivity index (χ0v) is 22.6. The molecule has 2 N–H and O–H groups in total. The Morgan fingerprint density at radius 3 is 2.50 bits per heavy atom. The Kier molecular flexibility index (Phi) is 9.61. The summed E-state index contributed by atoms with van der Waals surface area (Å²) in [6.45, 7) is 1.85. The molecule has 1 atom stereocenters. The van der Waals surface area contributed by atoms with Crippen molar-refractivity contribution >= 4 is 49.9 Å². The number of carbonyl (C=O) groups is 2. The van der Waals surface area contributed by atoms with Crippen molar-refractivity contribution in [2.75, 3.05) is 7.11 Å². The van der Waals surface area contributed by atoms with Crippen LogP contribution in [0.15, 0.2) is 74.7 Å². The summed E-state index contributed by atoms with van der Waals surface area (Å²) in [5.41, 5.74) is 4.98. The molecule has 0 radical (unpaired) electrons. The number of nitrogens with zero attached hydrogens (tertiary/aromatic N) is 2. The Hall–Kier alpha value is -3.68. The highest BCUT2D eigenvalue weighted by Gasteiger charge is 2.18. The number of hydrogen-bond donors (Lipinski definition) is 2. The first-order chi connectivity index (χ1) is 17.3. The van der Waals surface area contributed by atoms with Gasteiger partial charge in [0.15, 0.2) is 11.5 Å². The summed E-state index contributed by atoms with van der Waals surface area (Å²) < 4.78 is 12.6. The van der Waals surface area contributed by atoms with Crippen molar-refractivity contribution in [3.63, 3.8) is 0 Å². The maximum atomic E-state index is 12.4. The summed E-state index contributed by atoms with van der Waals surface area (Å²) in [4.78, 5) is 24.8. The molecule has 0 spiro atoms. The summed E-state index contributed by atoms with van der Waals surface area (Å²) in [6.07, 6.45) is 1.46. The van der Waals surface area contributed by atoms with E-state index in [9.17, 15) is 9.59 Å². The van der Waals surface area contributed by atoms with E-state index in [4.69, 9.17) is 14.7 Å². The lowest BCUT2D eigenvalue weighted by atomic mass is 10.1. The molecule has 0 saturated heterocycles. The summed E-state index contributed by atoms with van der Waals surface area (Å²) in [7, 11) is 1.52. The minimum atomic E-state index is -0.805. The molecule has 184 valence electrons. The largest absolute Gasteiger partial charge is 0.493 e. The van der Waals surface area contributed by atoms with Crippen LogP contribution in [-0.2, 0) is 11.4 Å². The first kappa shape index (κ1) is 26.9. The van der Waals surface area contributed by atoms with Crippen molar-refractivity contribution in [3.05, 3.63) is 91.9 Å². The lowest BCUT2D eigenvalue weighted by Crippen LogP contribution is -2.43. The van der Waals surface area contributed by atoms with Gasteiger partial charge in [-0.2, -0.15) is 10.4 Å². The molecule has 2 amide bonds. The molecular weight excluding hydrogens is 592 g/mol. The van der Waals surface area contributed by atoms with Gasteiger partial charge in [-0.1, -0.05) is 24.3 Å². The standard InChI is InChI=1S/C26H22Br2N4O4/c1-16(31-26(34)20-5-3-4-6-21(20)27)25(33)32-30-14-19-11-22(28)24(23(12-19)35-2)36-15-18-9-7-17(13-29)8-10-18/h3-12,14,16H,15H2,1-2H3,(H,31,34)(H,32,33). The fourth-order valence-electron chi connectivity index (χ4n) is 3.04. The normalized spacial score (nSPS) is 11.4. The van der Waals surface area contributed by atoms with Crippen LogP contribution in [0.5, 0.6) is 11.5 Å². The number of carbonyl (C=O) groups excluding carboxylic acids is 2. The number of amides is 2. The third-order valence-corrected chi connectivity index (χ3v) is 6.25. The quantitative estimate of drug-likeness (QED) is 0.262. The van der Waals surface area contributed by atoms with Crippen molar-refractivity contribution in [3.8, 4) is 17.6 Å². The number of hydrazone groups is 1. The molecule has 0 saturated carbocycles. The number of hydrogen-bond acceptors (Lipinski definition) is 6. The Labute approximate surface area is 225 Å². The van der Waals surface area contributed by atoms with Gasteiger partial charge in [-0.3, -0.25) is 9.59 Å². The highest BCUT2D eigenvalue weighted by Crippen LogP contribution is 2.36. The van der Waals surface area contributed by atoms with Gasteiger partial charge in [-0.05, 0) is 86.3 Å². The van der Waals surface area contributed by atoms with Crippen molar-refractivity contribution in [2.24, 2.45) is 5.10 Å². The average molecular weight is 614 g/mol. The fraction of sp³-hybridized carbons (Fsp3) is 0.154. The van der Waals surface area contributed by atoms with Gasteiger partial charge < -0.3 is 14.8 Å². The maximum absolute atomic E-state index is 12.4. The van der Waals surface area contributed by atoms with Crippen LogP contribution in [0.4, 0.5) is 0 Å². The molecular formula is C26H22Br2N4O4. The SMILES string of the molecule is COc1cc(C=NNC(=O)C(C)NC(=O)c2ccccc2Br)cc(Br)c1OCc1ccc(C#N)cc1. The van der Waals surface area contributed by atoms with Crippen LogP contribution >= 0.6 is 31.9 Å². The molecule has 3 aromatic rings. The zero-order chi connectivity index (χ0) is 26.1. The molecule has 36 heavy (non-hydrogen) atoms. The topological polar surface area (TPSA) is 113 Å². The molecule has 8 nitrogen and oxygen atoms in total. The second-order valence-corrected chi connectivity index (χ2v) is 9.25. The van der Waals surface area contributed by atoms with Crippen LogP contribution in [0.25, 0.3) is 0 Å². The molecule has 0 bridgehead atoms. The summed E-state index contributed by atoms with van der Waals surface area (Å²) in [5.74, 6) is 0.130. The van der Waals surface area contributed by atoms with Gasteiger partial charge in [0.05, 0.1) is 35.0 Å². The Morgan fingerprint density at radius 1 is 1.11 bits per heavy atom. The maximum Gasteiger partial charge on any atom is 0.262 e. The minimum Gasteiger partial charge on any atom is -0.493 e. The van der Waals surface area contributed by atoms with Gasteiger partial charge in [0.1, 0.15) is 12.6 Å². The molecule has 3 rings (SSSR count). The van der Waals surface area contributed by atoms with E-state index in [1.807, 2.05) is 12.1 Å². The molecule has 0 aromatic heterocycles. The second-order valence-electron chi connectivity index (χ2n) is 7.54. The predicted molar refractivity (Wildman–Crippen MR) is 143 cm³/mol. The number of nitrogens with one attached hydrogen (secondary N) is 2. The van der Waals surface area contributed by atoms with Crippen LogP contribution in [-0.4, -0.2) is 31.2 Å². The molecule has 0 aliphatic carbocycles. The summed E-state index contributed by atoms with van der Waals surface area (Å²) >= 11 is 6.81. The number of nitriles is 1. The van der Waals surface area contributed by atoms with Crippen LogP contribution in [0.3, 0.4) is 0 Å². The number of rotatable bonds is 9. The Balaban J connectivity index is 1.60. The number of halogens is 2. The van der Waals surface area contributed by atoms with Crippen LogP contribution in [0.1, 0.15) is 34.0 Å². The van der Waals surface area contributed by atoms with E-state index in [0.29, 0.717) is 37.1 Å². The minimum absolute atomic E-state index is 0.285. The first-order valence-electron chi connectivity index (χ1n) is 10.7. The molecule has 0 fully saturated rings. The molecule has 10 heteroatoms. The van der Waals surface area contributed by atoms with Gasteiger partial charge in [0, 0.05) is 4.47 Å². The van der Waals surface area contributed by atoms with E-state index >= 15 is 0 Å². The fourth-order valence-corrected chi connectivity index (χ4v) is 4.08. The number of methoxy groups -OCH3 is 1. The predicted octanol–water partition coefficient (Wildman–Crippen LogP) is 4.94. The van der Waals surface area contributed by atoms with E-state index in [0.717, 1.165) is 5.56 Å². The zero-order valence-electron chi connectivity index (χ0n) is 19.4. The molecule has 0 aliphatic rings. The van der Waals surface area contributed by atoms with Crippen LogP contribution < -0.4 is 20.2 Å². The first-order valence-corrected chi connectivity index (χ1v) is 12.3. The van der Waals surface area contributed by atoms with Gasteiger partial charge in [0.2, 0.25) is 0 Å².